The van der Waals surface area contributed by atoms with Gasteiger partial charge in [-0.05, 0) is 43.0 Å². The fourth-order valence-electron chi connectivity index (χ4n) is 3.94. The minimum atomic E-state index is -0.944. The molecule has 1 fully saturated rings. The molecule has 1 saturated heterocycles. The molecule has 1 aliphatic rings. The van der Waals surface area contributed by atoms with Gasteiger partial charge in [-0.25, -0.2) is 0 Å². The van der Waals surface area contributed by atoms with Crippen molar-refractivity contribution in [2.24, 2.45) is 0 Å². The van der Waals surface area contributed by atoms with Crippen LogP contribution in [-0.4, -0.2) is 65.3 Å². The summed E-state index contributed by atoms with van der Waals surface area (Å²) in [5.74, 6) is -0.458. The normalized spacial score (nSPS) is 23.9. The van der Waals surface area contributed by atoms with Gasteiger partial charge in [-0.15, -0.1) is 11.6 Å². The number of halogens is 2. The van der Waals surface area contributed by atoms with Crippen LogP contribution in [0.15, 0.2) is 48.1 Å². The van der Waals surface area contributed by atoms with Gasteiger partial charge in [0, 0.05) is 26.7 Å². The first kappa shape index (κ1) is 31.1. The summed E-state index contributed by atoms with van der Waals surface area (Å²) in [6.07, 6.45) is 4.07. The number of rotatable bonds is 12. The third-order valence-corrected chi connectivity index (χ3v) is 6.99. The van der Waals surface area contributed by atoms with Crippen LogP contribution >= 0.6 is 34.2 Å². The van der Waals surface area contributed by atoms with Crippen molar-refractivity contribution in [1.29, 1.82) is 0 Å². The summed E-state index contributed by atoms with van der Waals surface area (Å²) >= 11 is 8.08. The molecule has 0 amide bonds. The van der Waals surface area contributed by atoms with Gasteiger partial charge < -0.3 is 23.7 Å². The highest BCUT2D eigenvalue weighted by Gasteiger charge is 2.49. The fourth-order valence-corrected chi connectivity index (χ4v) is 5.17. The van der Waals surface area contributed by atoms with Crippen molar-refractivity contribution in [3.05, 3.63) is 53.6 Å². The highest BCUT2D eigenvalue weighted by atomic mass is 127. The van der Waals surface area contributed by atoms with Gasteiger partial charge in [-0.2, -0.15) is 0 Å². The Balaban J connectivity index is 2.33. The van der Waals surface area contributed by atoms with Crippen LogP contribution < -0.4 is 4.74 Å². The second-order valence-corrected chi connectivity index (χ2v) is 10.1. The molecule has 0 N–H and O–H groups in total. The van der Waals surface area contributed by atoms with Gasteiger partial charge in [0.1, 0.15) is 18.5 Å². The van der Waals surface area contributed by atoms with E-state index in [1.54, 1.807) is 6.08 Å². The zero-order valence-electron chi connectivity index (χ0n) is 21.5. The molecule has 204 valence electrons. The average molecular weight is 649 g/mol. The lowest BCUT2D eigenvalue weighted by atomic mass is 9.92. The molecule has 0 saturated carbocycles. The highest BCUT2D eigenvalue weighted by Crippen LogP contribution is 2.35. The Hall–Kier alpha value is -2.11. The zero-order chi connectivity index (χ0) is 27.4. The van der Waals surface area contributed by atoms with E-state index in [0.29, 0.717) is 18.9 Å². The van der Waals surface area contributed by atoms with E-state index >= 15 is 0 Å². The summed E-state index contributed by atoms with van der Waals surface area (Å²) in [6, 6.07) is 7.95. The zero-order valence-corrected chi connectivity index (χ0v) is 24.4. The number of hydrogen-bond acceptors (Lipinski definition) is 8. The van der Waals surface area contributed by atoms with Crippen LogP contribution in [0.3, 0.4) is 0 Å². The van der Waals surface area contributed by atoms with E-state index in [1.807, 2.05) is 37.3 Å². The molecule has 1 aromatic carbocycles. The lowest BCUT2D eigenvalue weighted by Crippen LogP contribution is -2.59. The summed E-state index contributed by atoms with van der Waals surface area (Å²) < 4.78 is 27.7. The quantitative estimate of drug-likeness (QED) is 0.106. The first-order valence-corrected chi connectivity index (χ1v) is 13.9. The second kappa shape index (κ2) is 16.0. The lowest BCUT2D eigenvalue weighted by Gasteiger charge is -2.43. The molecule has 0 bridgehead atoms. The smallest absolute Gasteiger partial charge is 0.303 e. The average Bonchev–Trinajstić information content (AvgIpc) is 2.84. The Labute approximate surface area is 236 Å². The number of esters is 3. The summed E-state index contributed by atoms with van der Waals surface area (Å²) in [4.78, 5) is 35.3. The molecule has 5 atom stereocenters. The largest absolute Gasteiger partial charge is 0.494 e. The molecule has 0 unspecified atom stereocenters. The number of allylic oxidation sites excluding steroid dienone is 2. The maximum Gasteiger partial charge on any atom is 0.303 e. The van der Waals surface area contributed by atoms with Crippen molar-refractivity contribution in [3.63, 3.8) is 0 Å². The summed E-state index contributed by atoms with van der Waals surface area (Å²) in [6.45, 7) is 6.23. The summed E-state index contributed by atoms with van der Waals surface area (Å²) in [7, 11) is 0. The third-order valence-electron chi connectivity index (χ3n) is 5.44. The fraction of sp³-hybridized carbons (Fsp3) is 0.519. The topological polar surface area (TPSA) is 97.4 Å². The molecule has 10 heteroatoms. The molecular formula is C27H34ClIO8. The maximum absolute atomic E-state index is 12.0. The summed E-state index contributed by atoms with van der Waals surface area (Å²) in [5, 5.41) is 0. The number of benzene rings is 1. The van der Waals surface area contributed by atoms with Crippen molar-refractivity contribution in [1.82, 2.24) is 0 Å². The maximum atomic E-state index is 12.0. The lowest BCUT2D eigenvalue weighted by molar-refractivity contribution is -0.206. The van der Waals surface area contributed by atoms with Crippen LogP contribution in [0.4, 0.5) is 0 Å². The third kappa shape index (κ3) is 10.3. The molecule has 0 radical (unpaired) electrons. The van der Waals surface area contributed by atoms with Crippen molar-refractivity contribution >= 4 is 52.1 Å². The van der Waals surface area contributed by atoms with Gasteiger partial charge in [0.2, 0.25) is 0 Å². The van der Waals surface area contributed by atoms with Crippen LogP contribution in [0.25, 0.3) is 0 Å². The number of ether oxygens (including phenoxy) is 5. The monoisotopic (exact) mass is 648 g/mol. The molecule has 2 rings (SSSR count). The van der Waals surface area contributed by atoms with E-state index in [1.165, 1.54) is 20.8 Å². The summed E-state index contributed by atoms with van der Waals surface area (Å²) in [5.41, 5.74) is 1.98. The van der Waals surface area contributed by atoms with Crippen LogP contribution in [-0.2, 0) is 39.8 Å². The minimum Gasteiger partial charge on any atom is -0.494 e. The van der Waals surface area contributed by atoms with Gasteiger partial charge in [0.05, 0.1) is 16.6 Å². The van der Waals surface area contributed by atoms with E-state index < -0.39 is 46.2 Å². The Morgan fingerprint density at radius 3 is 2.24 bits per heavy atom. The van der Waals surface area contributed by atoms with Gasteiger partial charge in [-0.3, -0.25) is 14.4 Å². The number of aryl methyl sites for hydroxylation is 1. The van der Waals surface area contributed by atoms with Crippen molar-refractivity contribution in [3.8, 4) is 5.75 Å². The molecule has 0 aromatic heterocycles. The van der Waals surface area contributed by atoms with Gasteiger partial charge in [-0.1, -0.05) is 53.0 Å². The van der Waals surface area contributed by atoms with E-state index in [2.05, 4.69) is 28.7 Å². The molecule has 1 heterocycles. The Kier molecular flexibility index (Phi) is 13.4. The molecule has 1 aliphatic heterocycles. The molecule has 1 aromatic rings. The molecule has 37 heavy (non-hydrogen) atoms. The standard InChI is InChI=1S/C27H34ClIO8/c1-5-33-22-13-11-20(12-14-22)8-6-9-21(10-7-15-28)25-24(29)27(36-19(4)32)26(35-18(3)31)23(37-25)16-34-17(2)30/h7,9-14,23-27H,5-6,8,15-16H2,1-4H3/b10-7-,21-9+/t23-,24+,25+,26-,27-/m1/s1. The molecular weight excluding hydrogens is 615 g/mol. The van der Waals surface area contributed by atoms with Gasteiger partial charge in [0.25, 0.3) is 0 Å². The predicted molar refractivity (Wildman–Crippen MR) is 148 cm³/mol. The first-order valence-electron chi connectivity index (χ1n) is 12.1. The Bertz CT molecular complexity index is 962. The SMILES string of the molecule is CCOc1ccc(CC/C=C(\C=C/CCl)[C@@H]2O[C@H](COC(C)=O)[C@@H](OC(C)=O)[C@H](OC(C)=O)[C@H]2I)cc1. The van der Waals surface area contributed by atoms with Gasteiger partial charge in [0.15, 0.2) is 12.2 Å². The van der Waals surface area contributed by atoms with Crippen LogP contribution in [0.2, 0.25) is 0 Å². The Morgan fingerprint density at radius 1 is 1.03 bits per heavy atom. The number of carbonyl (C=O) groups excluding carboxylic acids is 3. The van der Waals surface area contributed by atoms with Crippen LogP contribution in [0, 0.1) is 0 Å². The number of hydrogen-bond donors (Lipinski definition) is 0. The minimum absolute atomic E-state index is 0.163. The van der Waals surface area contributed by atoms with Crippen LogP contribution in [0.1, 0.15) is 39.7 Å². The van der Waals surface area contributed by atoms with Gasteiger partial charge >= 0.3 is 17.9 Å². The van der Waals surface area contributed by atoms with E-state index in [-0.39, 0.29) is 6.61 Å². The Morgan fingerprint density at radius 2 is 1.68 bits per heavy atom. The molecule has 0 spiro atoms. The van der Waals surface area contributed by atoms with E-state index in [9.17, 15) is 14.4 Å². The van der Waals surface area contributed by atoms with E-state index in [4.69, 9.17) is 35.3 Å². The van der Waals surface area contributed by atoms with Crippen molar-refractivity contribution in [2.45, 2.75) is 68.9 Å². The number of carbonyl (C=O) groups is 3. The molecule has 8 nitrogen and oxygen atoms in total. The van der Waals surface area contributed by atoms with Crippen molar-refractivity contribution in [2.75, 3.05) is 19.1 Å². The predicted octanol–water partition coefficient (Wildman–Crippen LogP) is 4.74. The van der Waals surface area contributed by atoms with Crippen molar-refractivity contribution < 1.29 is 38.1 Å². The molecule has 0 aliphatic carbocycles. The number of alkyl halides is 2. The highest BCUT2D eigenvalue weighted by molar-refractivity contribution is 14.1. The van der Waals surface area contributed by atoms with E-state index in [0.717, 1.165) is 23.3 Å². The van der Waals surface area contributed by atoms with Crippen LogP contribution in [0.5, 0.6) is 5.75 Å². The first-order chi connectivity index (χ1) is 17.7. The second-order valence-electron chi connectivity index (χ2n) is 8.37.